The summed E-state index contributed by atoms with van der Waals surface area (Å²) >= 11 is 6.11. The summed E-state index contributed by atoms with van der Waals surface area (Å²) in [5, 5.41) is 3.52. The summed E-state index contributed by atoms with van der Waals surface area (Å²) in [7, 11) is 1.59. The average Bonchev–Trinajstić information content (AvgIpc) is 2.72. The van der Waals surface area contributed by atoms with Gasteiger partial charge in [0.05, 0.1) is 7.11 Å². The van der Waals surface area contributed by atoms with E-state index in [1.54, 1.807) is 47.2 Å². The lowest BCUT2D eigenvalue weighted by Gasteiger charge is -2.34. The van der Waals surface area contributed by atoms with Gasteiger partial charge in [-0.3, -0.25) is 4.79 Å². The molecule has 6 nitrogen and oxygen atoms in total. The van der Waals surface area contributed by atoms with Gasteiger partial charge in [0.15, 0.2) is 0 Å². The molecule has 0 saturated carbocycles. The van der Waals surface area contributed by atoms with E-state index in [2.05, 4.69) is 5.32 Å². The first kappa shape index (κ1) is 19.0. The van der Waals surface area contributed by atoms with Gasteiger partial charge in [0.2, 0.25) is 0 Å². The highest BCUT2D eigenvalue weighted by Gasteiger charge is 2.24. The van der Waals surface area contributed by atoms with Crippen LogP contribution in [0.3, 0.4) is 0 Å². The number of carbonyl (C=O) groups is 2. The fourth-order valence-corrected chi connectivity index (χ4v) is 3.16. The number of nitrogens with zero attached hydrogens (tertiary/aromatic N) is 2. The Morgan fingerprint density at radius 2 is 1.63 bits per heavy atom. The molecule has 1 N–H and O–H groups in total. The first-order chi connectivity index (χ1) is 13.1. The second-order valence-corrected chi connectivity index (χ2v) is 6.67. The lowest BCUT2D eigenvalue weighted by atomic mass is 10.1. The third-order valence-corrected chi connectivity index (χ3v) is 4.95. The molecule has 1 fully saturated rings. The number of hydrogen-bond donors (Lipinski definition) is 1. The third kappa shape index (κ3) is 4.71. The van der Waals surface area contributed by atoms with Gasteiger partial charge in [-0.25, -0.2) is 4.79 Å². The Morgan fingerprint density at radius 3 is 2.26 bits per heavy atom. The predicted molar refractivity (Wildman–Crippen MR) is 104 cm³/mol. The Bertz CT molecular complexity index is 802. The largest absolute Gasteiger partial charge is 0.497 e. The number of nitrogens with one attached hydrogen (secondary N) is 1. The van der Waals surface area contributed by atoms with Gasteiger partial charge >= 0.3 is 6.03 Å². The van der Waals surface area contributed by atoms with E-state index in [1.807, 2.05) is 18.2 Å². The molecule has 0 bridgehead atoms. The van der Waals surface area contributed by atoms with Gasteiger partial charge in [0.1, 0.15) is 5.75 Å². The van der Waals surface area contributed by atoms with Crippen LogP contribution in [-0.2, 0) is 6.54 Å². The molecule has 1 aliphatic heterocycles. The Balaban J connectivity index is 1.49. The van der Waals surface area contributed by atoms with Crippen LogP contribution in [-0.4, -0.2) is 55.0 Å². The van der Waals surface area contributed by atoms with Crippen molar-refractivity contribution < 1.29 is 14.3 Å². The summed E-state index contributed by atoms with van der Waals surface area (Å²) in [6.45, 7) is 2.38. The molecule has 1 heterocycles. The van der Waals surface area contributed by atoms with Crippen molar-refractivity contribution >= 4 is 23.5 Å². The number of amides is 3. The van der Waals surface area contributed by atoms with Crippen LogP contribution in [0.5, 0.6) is 5.75 Å². The summed E-state index contributed by atoms with van der Waals surface area (Å²) in [6.07, 6.45) is 0. The standard InChI is InChI=1S/C20H22ClN3O3/c1-27-17-8-6-15(7-9-17)19(25)23-10-12-24(13-11-23)20(26)22-14-16-4-2-3-5-18(16)21/h2-9H,10-14H2,1H3,(H,22,26). The zero-order chi connectivity index (χ0) is 19.2. The van der Waals surface area contributed by atoms with Crippen molar-refractivity contribution in [3.05, 3.63) is 64.7 Å². The second kappa shape index (κ2) is 8.77. The molecule has 27 heavy (non-hydrogen) atoms. The van der Waals surface area contributed by atoms with Crippen LogP contribution >= 0.6 is 11.6 Å². The number of ether oxygens (including phenoxy) is 1. The molecule has 0 aliphatic carbocycles. The van der Waals surface area contributed by atoms with Crippen LogP contribution < -0.4 is 10.1 Å². The lowest BCUT2D eigenvalue weighted by Crippen LogP contribution is -2.53. The Kier molecular flexibility index (Phi) is 6.19. The van der Waals surface area contributed by atoms with Crippen molar-refractivity contribution in [3.63, 3.8) is 0 Å². The fraction of sp³-hybridized carbons (Fsp3) is 0.300. The maximum absolute atomic E-state index is 12.6. The highest BCUT2D eigenvalue weighted by atomic mass is 35.5. The van der Waals surface area contributed by atoms with Gasteiger partial charge in [-0.1, -0.05) is 29.8 Å². The number of methoxy groups -OCH3 is 1. The van der Waals surface area contributed by atoms with Crippen molar-refractivity contribution in [1.29, 1.82) is 0 Å². The lowest BCUT2D eigenvalue weighted by molar-refractivity contribution is 0.0665. The molecule has 1 aliphatic rings. The van der Waals surface area contributed by atoms with Crippen LogP contribution in [0, 0.1) is 0 Å². The summed E-state index contributed by atoms with van der Waals surface area (Å²) < 4.78 is 5.11. The van der Waals surface area contributed by atoms with Crippen molar-refractivity contribution in [2.45, 2.75) is 6.54 Å². The molecule has 142 valence electrons. The Labute approximate surface area is 163 Å². The van der Waals surface area contributed by atoms with Gasteiger partial charge in [-0.15, -0.1) is 0 Å². The van der Waals surface area contributed by atoms with E-state index in [9.17, 15) is 9.59 Å². The fourth-order valence-electron chi connectivity index (χ4n) is 2.95. The molecular formula is C20H22ClN3O3. The molecule has 1 saturated heterocycles. The molecule has 0 radical (unpaired) electrons. The molecule has 7 heteroatoms. The van der Waals surface area contributed by atoms with E-state index >= 15 is 0 Å². The highest BCUT2D eigenvalue weighted by molar-refractivity contribution is 6.31. The van der Waals surface area contributed by atoms with Gasteiger partial charge in [0.25, 0.3) is 5.91 Å². The first-order valence-electron chi connectivity index (χ1n) is 8.78. The smallest absolute Gasteiger partial charge is 0.317 e. The van der Waals surface area contributed by atoms with Crippen LogP contribution in [0.25, 0.3) is 0 Å². The van der Waals surface area contributed by atoms with Gasteiger partial charge in [0, 0.05) is 43.3 Å². The quantitative estimate of drug-likeness (QED) is 0.877. The number of urea groups is 1. The minimum absolute atomic E-state index is 0.0335. The summed E-state index contributed by atoms with van der Waals surface area (Å²) in [5.41, 5.74) is 1.49. The number of piperazine rings is 1. The predicted octanol–water partition coefficient (Wildman–Crippen LogP) is 3.02. The van der Waals surface area contributed by atoms with E-state index in [1.165, 1.54) is 0 Å². The van der Waals surface area contributed by atoms with E-state index in [0.29, 0.717) is 49.1 Å². The summed E-state index contributed by atoms with van der Waals surface area (Å²) in [4.78, 5) is 28.4. The average molecular weight is 388 g/mol. The normalized spacial score (nSPS) is 14.0. The highest BCUT2D eigenvalue weighted by Crippen LogP contribution is 2.16. The van der Waals surface area contributed by atoms with Crippen molar-refractivity contribution in [2.24, 2.45) is 0 Å². The Morgan fingerprint density at radius 1 is 1.00 bits per heavy atom. The monoisotopic (exact) mass is 387 g/mol. The van der Waals surface area contributed by atoms with Crippen molar-refractivity contribution in [3.8, 4) is 5.75 Å². The molecule has 0 aromatic heterocycles. The van der Waals surface area contributed by atoms with E-state index in [4.69, 9.17) is 16.3 Å². The van der Waals surface area contributed by atoms with Gasteiger partial charge in [-0.05, 0) is 35.9 Å². The molecule has 2 aromatic rings. The number of halogens is 1. The number of benzene rings is 2. The maximum Gasteiger partial charge on any atom is 0.317 e. The van der Waals surface area contributed by atoms with Crippen molar-refractivity contribution in [2.75, 3.05) is 33.3 Å². The molecule has 3 amide bonds. The zero-order valence-corrected chi connectivity index (χ0v) is 15.9. The summed E-state index contributed by atoms with van der Waals surface area (Å²) in [6, 6.07) is 14.3. The van der Waals surface area contributed by atoms with Crippen LogP contribution in [0.2, 0.25) is 5.02 Å². The molecule has 3 rings (SSSR count). The number of rotatable bonds is 4. The number of hydrogen-bond acceptors (Lipinski definition) is 3. The number of carbonyl (C=O) groups excluding carboxylic acids is 2. The third-order valence-electron chi connectivity index (χ3n) is 4.58. The summed E-state index contributed by atoms with van der Waals surface area (Å²) in [5.74, 6) is 0.681. The van der Waals surface area contributed by atoms with Crippen LogP contribution in [0.15, 0.2) is 48.5 Å². The Hall–Kier alpha value is -2.73. The molecular weight excluding hydrogens is 366 g/mol. The molecule has 0 atom stereocenters. The van der Waals surface area contributed by atoms with E-state index in [-0.39, 0.29) is 11.9 Å². The van der Waals surface area contributed by atoms with Gasteiger partial charge < -0.3 is 19.9 Å². The SMILES string of the molecule is COc1ccc(C(=O)N2CCN(C(=O)NCc3ccccc3Cl)CC2)cc1. The maximum atomic E-state index is 12.6. The van der Waals surface area contributed by atoms with E-state index in [0.717, 1.165) is 5.56 Å². The first-order valence-corrected chi connectivity index (χ1v) is 9.16. The molecule has 0 unspecified atom stereocenters. The van der Waals surface area contributed by atoms with Crippen LogP contribution in [0.1, 0.15) is 15.9 Å². The van der Waals surface area contributed by atoms with E-state index < -0.39 is 0 Å². The minimum atomic E-state index is -0.147. The molecule has 0 spiro atoms. The minimum Gasteiger partial charge on any atom is -0.497 e. The van der Waals surface area contributed by atoms with Gasteiger partial charge in [-0.2, -0.15) is 0 Å². The van der Waals surface area contributed by atoms with Crippen molar-refractivity contribution in [1.82, 2.24) is 15.1 Å². The molecule has 2 aromatic carbocycles. The van der Waals surface area contributed by atoms with Crippen LogP contribution in [0.4, 0.5) is 4.79 Å². The topological polar surface area (TPSA) is 61.9 Å². The zero-order valence-electron chi connectivity index (χ0n) is 15.2. The second-order valence-electron chi connectivity index (χ2n) is 6.26.